The Morgan fingerprint density at radius 3 is 2.56 bits per heavy atom. The SMILES string of the molecule is CN(C(=O)OC(C)(C)C)[C@H]1CC[C@H](Oc2ncnc3sc4c(c23)[C@@H](CC(N)=O)CC4)CC1. The third kappa shape index (κ3) is 4.82. The number of rotatable bonds is 5. The van der Waals surface area contributed by atoms with Gasteiger partial charge in [0.2, 0.25) is 11.8 Å². The Kier molecular flexibility index (Phi) is 6.29. The summed E-state index contributed by atoms with van der Waals surface area (Å²) in [6, 6.07) is 0.139. The molecule has 0 spiro atoms. The van der Waals surface area contributed by atoms with Gasteiger partial charge in [-0.3, -0.25) is 4.79 Å². The maximum Gasteiger partial charge on any atom is 0.410 e. The second kappa shape index (κ2) is 8.84. The molecular weight excluding hydrogens is 428 g/mol. The predicted molar refractivity (Wildman–Crippen MR) is 123 cm³/mol. The lowest BCUT2D eigenvalue weighted by Crippen LogP contribution is -2.43. The van der Waals surface area contributed by atoms with Gasteiger partial charge in [0.1, 0.15) is 22.9 Å². The van der Waals surface area contributed by atoms with Crippen molar-refractivity contribution in [1.29, 1.82) is 0 Å². The Morgan fingerprint density at radius 1 is 1.19 bits per heavy atom. The van der Waals surface area contributed by atoms with Crippen molar-refractivity contribution >= 4 is 33.6 Å². The number of carbonyl (C=O) groups is 2. The monoisotopic (exact) mass is 460 g/mol. The van der Waals surface area contributed by atoms with E-state index in [4.69, 9.17) is 15.2 Å². The summed E-state index contributed by atoms with van der Waals surface area (Å²) in [6.07, 6.45) is 6.87. The van der Waals surface area contributed by atoms with E-state index < -0.39 is 5.60 Å². The molecule has 0 aliphatic heterocycles. The molecule has 2 aliphatic rings. The van der Waals surface area contributed by atoms with Gasteiger partial charge in [0.25, 0.3) is 0 Å². The zero-order chi connectivity index (χ0) is 23.0. The summed E-state index contributed by atoms with van der Waals surface area (Å²) >= 11 is 1.66. The highest BCUT2D eigenvalue weighted by atomic mass is 32.1. The second-order valence-electron chi connectivity index (χ2n) is 9.84. The smallest absolute Gasteiger partial charge is 0.410 e. The van der Waals surface area contributed by atoms with Crippen molar-refractivity contribution in [2.24, 2.45) is 5.73 Å². The molecule has 2 amide bonds. The first-order chi connectivity index (χ1) is 15.1. The number of aryl methyl sites for hydroxylation is 1. The fourth-order valence-corrected chi connectivity index (χ4v) is 6.00. The lowest BCUT2D eigenvalue weighted by atomic mass is 9.92. The lowest BCUT2D eigenvalue weighted by Gasteiger charge is -2.35. The number of ether oxygens (including phenoxy) is 2. The Morgan fingerprint density at radius 2 is 1.91 bits per heavy atom. The molecule has 0 saturated heterocycles. The van der Waals surface area contributed by atoms with Crippen molar-refractivity contribution in [2.45, 2.75) is 89.4 Å². The molecule has 32 heavy (non-hydrogen) atoms. The summed E-state index contributed by atoms with van der Waals surface area (Å²) in [7, 11) is 1.81. The first kappa shape index (κ1) is 22.8. The molecule has 4 rings (SSSR count). The number of nitrogens with zero attached hydrogens (tertiary/aromatic N) is 3. The zero-order valence-electron chi connectivity index (χ0n) is 19.2. The van der Waals surface area contributed by atoms with Crippen LogP contribution in [0.1, 0.15) is 75.7 Å². The van der Waals surface area contributed by atoms with E-state index in [2.05, 4.69) is 9.97 Å². The summed E-state index contributed by atoms with van der Waals surface area (Å²) in [4.78, 5) is 36.7. The van der Waals surface area contributed by atoms with Gasteiger partial charge < -0.3 is 20.1 Å². The van der Waals surface area contributed by atoms with Crippen molar-refractivity contribution in [3.8, 4) is 5.88 Å². The largest absolute Gasteiger partial charge is 0.474 e. The molecule has 2 heterocycles. The predicted octanol–water partition coefficient (Wildman–Crippen LogP) is 4.15. The number of fused-ring (bicyclic) bond motifs is 3. The number of aromatic nitrogens is 2. The molecule has 1 saturated carbocycles. The minimum absolute atomic E-state index is 0.0305. The Labute approximate surface area is 192 Å². The Balaban J connectivity index is 1.44. The van der Waals surface area contributed by atoms with Crippen LogP contribution in [0.5, 0.6) is 5.88 Å². The third-order valence-corrected chi connectivity index (χ3v) is 7.47. The molecule has 9 heteroatoms. The van der Waals surface area contributed by atoms with Crippen molar-refractivity contribution < 1.29 is 19.1 Å². The van der Waals surface area contributed by atoms with Gasteiger partial charge in [-0.25, -0.2) is 14.8 Å². The van der Waals surface area contributed by atoms with Gasteiger partial charge in [0.15, 0.2) is 0 Å². The van der Waals surface area contributed by atoms with Gasteiger partial charge in [0, 0.05) is 24.4 Å². The van der Waals surface area contributed by atoms with Crippen LogP contribution < -0.4 is 10.5 Å². The highest BCUT2D eigenvalue weighted by Gasteiger charge is 2.33. The topological polar surface area (TPSA) is 108 Å². The number of thiophene rings is 1. The minimum Gasteiger partial charge on any atom is -0.474 e. The van der Waals surface area contributed by atoms with Crippen LogP contribution in [0.3, 0.4) is 0 Å². The molecule has 0 bridgehead atoms. The number of carbonyl (C=O) groups excluding carboxylic acids is 2. The van der Waals surface area contributed by atoms with E-state index >= 15 is 0 Å². The molecule has 0 radical (unpaired) electrons. The van der Waals surface area contributed by atoms with E-state index in [1.165, 1.54) is 4.88 Å². The van der Waals surface area contributed by atoms with Crippen LogP contribution in [0.2, 0.25) is 0 Å². The molecule has 0 unspecified atom stereocenters. The van der Waals surface area contributed by atoms with Crippen LogP contribution in [0.4, 0.5) is 4.79 Å². The lowest BCUT2D eigenvalue weighted by molar-refractivity contribution is -0.118. The van der Waals surface area contributed by atoms with Crippen LogP contribution in [-0.2, 0) is 16.0 Å². The average Bonchev–Trinajstić information content (AvgIpc) is 3.26. The van der Waals surface area contributed by atoms with Crippen molar-refractivity contribution in [3.05, 3.63) is 16.8 Å². The molecular formula is C23H32N4O4S. The highest BCUT2D eigenvalue weighted by molar-refractivity contribution is 7.19. The molecule has 0 aromatic carbocycles. The van der Waals surface area contributed by atoms with E-state index in [9.17, 15) is 9.59 Å². The summed E-state index contributed by atoms with van der Waals surface area (Å²) < 4.78 is 11.9. The van der Waals surface area contributed by atoms with Crippen LogP contribution in [0, 0.1) is 0 Å². The minimum atomic E-state index is -0.503. The fraction of sp³-hybridized carbons (Fsp3) is 0.652. The quantitative estimate of drug-likeness (QED) is 0.718. The van der Waals surface area contributed by atoms with Gasteiger partial charge in [-0.15, -0.1) is 11.3 Å². The number of amides is 2. The number of hydrogen-bond acceptors (Lipinski definition) is 7. The van der Waals surface area contributed by atoms with Gasteiger partial charge in [-0.05, 0) is 70.8 Å². The fourth-order valence-electron chi connectivity index (χ4n) is 4.77. The third-order valence-electron chi connectivity index (χ3n) is 6.29. The van der Waals surface area contributed by atoms with Crippen LogP contribution in [0.15, 0.2) is 6.33 Å². The van der Waals surface area contributed by atoms with Gasteiger partial charge in [-0.2, -0.15) is 0 Å². The van der Waals surface area contributed by atoms with Crippen LogP contribution in [0.25, 0.3) is 10.2 Å². The molecule has 2 aromatic heterocycles. The van der Waals surface area contributed by atoms with E-state index in [0.717, 1.165) is 54.3 Å². The van der Waals surface area contributed by atoms with Crippen LogP contribution in [-0.4, -0.2) is 51.7 Å². The van der Waals surface area contributed by atoms with Crippen LogP contribution >= 0.6 is 11.3 Å². The molecule has 2 N–H and O–H groups in total. The van der Waals surface area contributed by atoms with E-state index in [1.807, 2.05) is 20.8 Å². The standard InChI is InChI=1S/C23H32N4O4S/c1-23(2,3)31-22(29)27(4)14-6-8-15(9-7-14)30-20-19-18-13(11-17(24)28)5-10-16(18)32-21(19)26-12-25-20/h12-15H,5-11H2,1-4H3,(H2,24,28)/t13-,14-,15-/m1/s1. The van der Waals surface area contributed by atoms with Gasteiger partial charge in [-0.1, -0.05) is 0 Å². The van der Waals surface area contributed by atoms with Crippen molar-refractivity contribution in [3.63, 3.8) is 0 Å². The van der Waals surface area contributed by atoms with Crippen molar-refractivity contribution in [2.75, 3.05) is 7.05 Å². The van der Waals surface area contributed by atoms with E-state index in [0.29, 0.717) is 12.3 Å². The molecule has 1 atom stereocenters. The molecule has 2 aromatic rings. The maximum atomic E-state index is 12.4. The normalized spacial score (nSPS) is 23.1. The number of hydrogen-bond donors (Lipinski definition) is 1. The Hall–Kier alpha value is -2.42. The first-order valence-electron chi connectivity index (χ1n) is 11.3. The number of primary amides is 1. The number of nitrogens with two attached hydrogens (primary N) is 1. The summed E-state index contributed by atoms with van der Waals surface area (Å²) in [5.74, 6) is 0.435. The summed E-state index contributed by atoms with van der Waals surface area (Å²) in [5, 5.41) is 0.948. The van der Waals surface area contributed by atoms with Crippen molar-refractivity contribution in [1.82, 2.24) is 14.9 Å². The summed E-state index contributed by atoms with van der Waals surface area (Å²) in [6.45, 7) is 5.63. The molecule has 2 aliphatic carbocycles. The summed E-state index contributed by atoms with van der Waals surface area (Å²) in [5.41, 5.74) is 6.14. The first-order valence-corrected chi connectivity index (χ1v) is 12.1. The van der Waals surface area contributed by atoms with Gasteiger partial charge in [0.05, 0.1) is 5.39 Å². The molecule has 174 valence electrons. The van der Waals surface area contributed by atoms with Gasteiger partial charge >= 0.3 is 6.09 Å². The van der Waals surface area contributed by atoms with E-state index in [-0.39, 0.29) is 30.1 Å². The Bertz CT molecular complexity index is 1010. The molecule has 8 nitrogen and oxygen atoms in total. The molecule has 1 fully saturated rings. The average molecular weight is 461 g/mol. The maximum absolute atomic E-state index is 12.4. The second-order valence-corrected chi connectivity index (χ2v) is 10.9. The van der Waals surface area contributed by atoms with E-state index in [1.54, 1.807) is 29.6 Å². The zero-order valence-corrected chi connectivity index (χ0v) is 20.0. The highest BCUT2D eigenvalue weighted by Crippen LogP contribution is 2.47.